The molecule has 0 saturated carbocycles. The van der Waals surface area contributed by atoms with Crippen molar-refractivity contribution in [2.45, 2.75) is 46.1 Å². The highest BCUT2D eigenvalue weighted by molar-refractivity contribution is 7.16. The summed E-state index contributed by atoms with van der Waals surface area (Å²) in [7, 11) is 0. The summed E-state index contributed by atoms with van der Waals surface area (Å²) < 4.78 is 1.86. The summed E-state index contributed by atoms with van der Waals surface area (Å²) >= 11 is 1.57. The molecule has 0 bridgehead atoms. The van der Waals surface area contributed by atoms with E-state index >= 15 is 0 Å². The number of pyridine rings is 1. The number of carbonyl (C=O) groups is 1. The van der Waals surface area contributed by atoms with Crippen molar-refractivity contribution in [2.75, 3.05) is 5.32 Å². The first-order valence-corrected chi connectivity index (χ1v) is 9.24. The quantitative estimate of drug-likeness (QED) is 0.869. The molecular formula is C19H22N3OS+. The largest absolute Gasteiger partial charge is 0.311 e. The van der Waals surface area contributed by atoms with Crippen molar-refractivity contribution in [3.05, 3.63) is 46.1 Å². The third kappa shape index (κ3) is 3.49. The first-order valence-electron chi connectivity index (χ1n) is 8.43. The van der Waals surface area contributed by atoms with Crippen LogP contribution >= 0.6 is 11.3 Å². The third-order valence-corrected chi connectivity index (χ3v) is 5.74. The van der Waals surface area contributed by atoms with Gasteiger partial charge in [-0.1, -0.05) is 13.8 Å². The molecule has 0 saturated heterocycles. The SMILES string of the molecule is CCc1cc[n+](CC(=O)Nc2sc3c(c2C#N)CC[C@@H](C)C3)cc1. The second-order valence-corrected chi connectivity index (χ2v) is 7.55. The monoisotopic (exact) mass is 340 g/mol. The molecule has 2 aromatic rings. The minimum atomic E-state index is -0.0904. The van der Waals surface area contributed by atoms with E-state index in [0.29, 0.717) is 16.5 Å². The average Bonchev–Trinajstić information content (AvgIpc) is 2.91. The first kappa shape index (κ1) is 16.7. The molecule has 0 unspecified atom stereocenters. The maximum atomic E-state index is 12.3. The maximum absolute atomic E-state index is 12.3. The summed E-state index contributed by atoms with van der Waals surface area (Å²) in [5.74, 6) is 0.561. The first-order chi connectivity index (χ1) is 11.6. The Hall–Kier alpha value is -2.19. The Kier molecular flexibility index (Phi) is 4.96. The maximum Gasteiger partial charge on any atom is 0.290 e. The molecule has 0 fully saturated rings. The summed E-state index contributed by atoms with van der Waals surface area (Å²) in [5.41, 5.74) is 3.07. The number of hydrogen-bond donors (Lipinski definition) is 1. The van der Waals surface area contributed by atoms with Gasteiger partial charge >= 0.3 is 0 Å². The Balaban J connectivity index is 1.73. The molecule has 0 radical (unpaired) electrons. The van der Waals surface area contributed by atoms with E-state index < -0.39 is 0 Å². The molecule has 1 aliphatic rings. The van der Waals surface area contributed by atoms with Gasteiger partial charge in [0.25, 0.3) is 5.91 Å². The Morgan fingerprint density at radius 3 is 2.88 bits per heavy atom. The highest BCUT2D eigenvalue weighted by Crippen LogP contribution is 2.39. The lowest BCUT2D eigenvalue weighted by atomic mass is 9.89. The zero-order valence-electron chi connectivity index (χ0n) is 14.1. The Bertz CT molecular complexity index is 786. The number of thiophene rings is 1. The zero-order valence-corrected chi connectivity index (χ0v) is 14.9. The van der Waals surface area contributed by atoms with Crippen LogP contribution in [0.15, 0.2) is 24.5 Å². The highest BCUT2D eigenvalue weighted by Gasteiger charge is 2.25. The second kappa shape index (κ2) is 7.14. The van der Waals surface area contributed by atoms with Crippen LogP contribution in [0.25, 0.3) is 0 Å². The number of nitriles is 1. The molecule has 0 aliphatic heterocycles. The fraction of sp³-hybridized carbons (Fsp3) is 0.421. The lowest BCUT2D eigenvalue weighted by molar-refractivity contribution is -0.684. The topological polar surface area (TPSA) is 56.8 Å². The van der Waals surface area contributed by atoms with Crippen LogP contribution in [-0.4, -0.2) is 5.91 Å². The fourth-order valence-electron chi connectivity index (χ4n) is 3.12. The van der Waals surface area contributed by atoms with Crippen molar-refractivity contribution in [1.82, 2.24) is 0 Å². The number of carbonyl (C=O) groups excluding carboxylic acids is 1. The molecule has 5 heteroatoms. The van der Waals surface area contributed by atoms with Crippen LogP contribution in [0.3, 0.4) is 0 Å². The Morgan fingerprint density at radius 2 is 2.21 bits per heavy atom. The zero-order chi connectivity index (χ0) is 17.1. The summed E-state index contributed by atoms with van der Waals surface area (Å²) in [6.45, 7) is 4.60. The number of fused-ring (bicyclic) bond motifs is 1. The molecule has 1 N–H and O–H groups in total. The molecule has 1 aliphatic carbocycles. The van der Waals surface area contributed by atoms with E-state index in [1.54, 1.807) is 11.3 Å². The molecule has 2 aromatic heterocycles. The van der Waals surface area contributed by atoms with E-state index in [9.17, 15) is 10.1 Å². The minimum Gasteiger partial charge on any atom is -0.311 e. The predicted octanol–water partition coefficient (Wildman–Crippen LogP) is 3.23. The van der Waals surface area contributed by atoms with Crippen molar-refractivity contribution < 1.29 is 9.36 Å². The van der Waals surface area contributed by atoms with Gasteiger partial charge in [0.1, 0.15) is 11.1 Å². The second-order valence-electron chi connectivity index (χ2n) is 6.45. The number of aromatic nitrogens is 1. The van der Waals surface area contributed by atoms with Crippen LogP contribution in [0.1, 0.15) is 41.8 Å². The molecule has 3 rings (SSSR count). The molecular weight excluding hydrogens is 318 g/mol. The predicted molar refractivity (Wildman–Crippen MR) is 94.9 cm³/mol. The molecule has 0 aromatic carbocycles. The van der Waals surface area contributed by atoms with Gasteiger partial charge in [-0.15, -0.1) is 11.3 Å². The summed E-state index contributed by atoms with van der Waals surface area (Å²) in [6, 6.07) is 6.35. The van der Waals surface area contributed by atoms with Gasteiger partial charge in [0.15, 0.2) is 12.4 Å². The number of anilines is 1. The molecule has 24 heavy (non-hydrogen) atoms. The van der Waals surface area contributed by atoms with Crippen molar-refractivity contribution >= 4 is 22.2 Å². The van der Waals surface area contributed by atoms with E-state index in [1.807, 2.05) is 29.1 Å². The summed E-state index contributed by atoms with van der Waals surface area (Å²) in [6.07, 6.45) is 7.90. The van der Waals surface area contributed by atoms with Crippen molar-refractivity contribution in [2.24, 2.45) is 5.92 Å². The number of nitrogens with zero attached hydrogens (tertiary/aromatic N) is 2. The van der Waals surface area contributed by atoms with Gasteiger partial charge in [0, 0.05) is 17.0 Å². The Morgan fingerprint density at radius 1 is 1.46 bits per heavy atom. The number of nitrogens with one attached hydrogen (secondary N) is 1. The summed E-state index contributed by atoms with van der Waals surface area (Å²) in [5, 5.41) is 13.2. The lowest BCUT2D eigenvalue weighted by Crippen LogP contribution is -2.39. The van der Waals surface area contributed by atoms with Gasteiger partial charge in [-0.3, -0.25) is 4.79 Å². The van der Waals surface area contributed by atoms with Crippen molar-refractivity contribution in [3.63, 3.8) is 0 Å². The molecule has 2 heterocycles. The standard InChI is InChI=1S/C19H21N3OS/c1-3-14-6-8-22(9-7-14)12-18(23)21-19-16(11-20)15-5-4-13(2)10-17(15)24-19/h6-9,13H,3-5,10,12H2,1-2H3/p+1/t13-/m1/s1. The molecule has 124 valence electrons. The third-order valence-electron chi connectivity index (χ3n) is 4.57. The number of rotatable bonds is 4. The number of amides is 1. The number of hydrogen-bond acceptors (Lipinski definition) is 3. The molecule has 0 spiro atoms. The van der Waals surface area contributed by atoms with Crippen LogP contribution < -0.4 is 9.88 Å². The van der Waals surface area contributed by atoms with Gasteiger partial charge < -0.3 is 5.32 Å². The van der Waals surface area contributed by atoms with Crippen LogP contribution in [0.4, 0.5) is 5.00 Å². The minimum absolute atomic E-state index is 0.0904. The summed E-state index contributed by atoms with van der Waals surface area (Å²) in [4.78, 5) is 13.6. The van der Waals surface area contributed by atoms with E-state index in [0.717, 1.165) is 31.2 Å². The van der Waals surface area contributed by atoms with Gasteiger partial charge in [0.05, 0.1) is 5.56 Å². The van der Waals surface area contributed by atoms with E-state index in [-0.39, 0.29) is 12.5 Å². The smallest absolute Gasteiger partial charge is 0.290 e. The van der Waals surface area contributed by atoms with Crippen LogP contribution in [0, 0.1) is 17.2 Å². The highest BCUT2D eigenvalue weighted by atomic mass is 32.1. The normalized spacial score (nSPS) is 16.3. The van der Waals surface area contributed by atoms with Gasteiger partial charge in [-0.05, 0) is 42.7 Å². The van der Waals surface area contributed by atoms with Gasteiger partial charge in [0.2, 0.25) is 6.54 Å². The number of aryl methyl sites for hydroxylation is 1. The van der Waals surface area contributed by atoms with Crippen LogP contribution in [0.5, 0.6) is 0 Å². The molecule has 1 atom stereocenters. The van der Waals surface area contributed by atoms with E-state index in [1.165, 1.54) is 10.4 Å². The van der Waals surface area contributed by atoms with Crippen molar-refractivity contribution in [3.8, 4) is 6.07 Å². The van der Waals surface area contributed by atoms with Crippen molar-refractivity contribution in [1.29, 1.82) is 5.26 Å². The van der Waals surface area contributed by atoms with Gasteiger partial charge in [-0.2, -0.15) is 9.83 Å². The fourth-order valence-corrected chi connectivity index (χ4v) is 4.50. The Labute approximate surface area is 146 Å². The van der Waals surface area contributed by atoms with Gasteiger partial charge in [-0.25, -0.2) is 0 Å². The van der Waals surface area contributed by atoms with Crippen LogP contribution in [-0.2, 0) is 30.6 Å². The lowest BCUT2D eigenvalue weighted by Gasteiger charge is -2.17. The molecule has 1 amide bonds. The van der Waals surface area contributed by atoms with E-state index in [2.05, 4.69) is 25.2 Å². The average molecular weight is 340 g/mol. The molecule has 4 nitrogen and oxygen atoms in total. The van der Waals surface area contributed by atoms with E-state index in [4.69, 9.17) is 0 Å². The van der Waals surface area contributed by atoms with Crippen LogP contribution in [0.2, 0.25) is 0 Å².